The molecule has 0 N–H and O–H groups in total. The van der Waals surface area contributed by atoms with E-state index in [9.17, 15) is 9.59 Å². The van der Waals surface area contributed by atoms with Crippen molar-refractivity contribution < 1.29 is 14.3 Å². The first-order chi connectivity index (χ1) is 10.8. The number of esters is 1. The number of carbonyl (C=O) groups excluding carboxylic acids is 2. The zero-order valence-corrected chi connectivity index (χ0v) is 16.0. The maximum absolute atomic E-state index is 12.8. The molecule has 2 rings (SSSR count). The summed E-state index contributed by atoms with van der Waals surface area (Å²) < 4.78 is 6.22. The molecule has 0 bridgehead atoms. The van der Waals surface area contributed by atoms with Crippen LogP contribution in [0, 0.1) is 11.8 Å². The zero-order valence-electron chi connectivity index (χ0n) is 14.2. The molecule has 23 heavy (non-hydrogen) atoms. The van der Waals surface area contributed by atoms with Crippen LogP contribution < -0.4 is 4.46 Å². The van der Waals surface area contributed by atoms with Crippen molar-refractivity contribution >= 4 is 31.3 Å². The zero-order chi connectivity index (χ0) is 17.0. The Morgan fingerprint density at radius 3 is 2.52 bits per heavy atom. The second-order valence-corrected chi connectivity index (χ2v) is 9.13. The monoisotopic (exact) mass is 383 g/mol. The van der Waals surface area contributed by atoms with E-state index in [0.717, 1.165) is 11.7 Å². The molecule has 1 aliphatic heterocycles. The molecule has 1 saturated heterocycles. The van der Waals surface area contributed by atoms with Crippen molar-refractivity contribution in [1.29, 1.82) is 0 Å². The van der Waals surface area contributed by atoms with E-state index in [4.69, 9.17) is 4.74 Å². The number of rotatable bonds is 4. The molecule has 5 heteroatoms. The minimum atomic E-state index is -0.654. The van der Waals surface area contributed by atoms with Crippen LogP contribution in [-0.2, 0) is 14.3 Å². The van der Waals surface area contributed by atoms with Crippen LogP contribution >= 0.6 is 0 Å². The third-order valence-corrected chi connectivity index (χ3v) is 6.72. The van der Waals surface area contributed by atoms with Crippen molar-refractivity contribution in [2.75, 3.05) is 13.7 Å². The van der Waals surface area contributed by atoms with Gasteiger partial charge in [0.25, 0.3) is 0 Å². The van der Waals surface area contributed by atoms with Crippen LogP contribution in [-0.4, -0.2) is 50.9 Å². The van der Waals surface area contributed by atoms with E-state index in [1.54, 1.807) is 0 Å². The van der Waals surface area contributed by atoms with E-state index in [0.29, 0.717) is 6.54 Å². The number of piperidine rings is 1. The predicted octanol–water partition coefficient (Wildman–Crippen LogP) is 1.87. The van der Waals surface area contributed by atoms with Gasteiger partial charge < -0.3 is 0 Å². The van der Waals surface area contributed by atoms with Gasteiger partial charge in [0.15, 0.2) is 0 Å². The molecule has 1 fully saturated rings. The molecular formula is C18H25NO3Se. The summed E-state index contributed by atoms with van der Waals surface area (Å²) in [5.74, 6) is -1.05. The molecule has 1 amide bonds. The first kappa shape index (κ1) is 18.0. The fraction of sp³-hybridized carbons (Fsp3) is 0.556. The molecule has 1 aliphatic rings. The maximum atomic E-state index is 12.8. The van der Waals surface area contributed by atoms with Crippen molar-refractivity contribution in [1.82, 2.24) is 4.90 Å². The van der Waals surface area contributed by atoms with Gasteiger partial charge in [0.2, 0.25) is 0 Å². The van der Waals surface area contributed by atoms with Gasteiger partial charge in [-0.15, -0.1) is 0 Å². The van der Waals surface area contributed by atoms with E-state index in [2.05, 4.69) is 12.1 Å². The topological polar surface area (TPSA) is 46.6 Å². The molecule has 4 nitrogen and oxygen atoms in total. The van der Waals surface area contributed by atoms with Crippen molar-refractivity contribution in [2.45, 2.75) is 38.1 Å². The molecule has 0 spiro atoms. The molecule has 0 saturated carbocycles. The number of nitrogens with zero attached hydrogens (tertiary/aromatic N) is 1. The number of benzene rings is 1. The van der Waals surface area contributed by atoms with Crippen LogP contribution in [0.2, 0.25) is 5.32 Å². The summed E-state index contributed by atoms with van der Waals surface area (Å²) in [6.45, 7) is 6.74. The Balaban J connectivity index is 2.12. The number of likely N-dealkylation sites (tertiary alicyclic amines) is 1. The van der Waals surface area contributed by atoms with Gasteiger partial charge in [0, 0.05) is 0 Å². The Labute approximate surface area is 144 Å². The number of hydrogen-bond donors (Lipinski definition) is 0. The van der Waals surface area contributed by atoms with Gasteiger partial charge in [-0.2, -0.15) is 0 Å². The van der Waals surface area contributed by atoms with Gasteiger partial charge in [-0.3, -0.25) is 0 Å². The quantitative estimate of drug-likeness (QED) is 0.454. The van der Waals surface area contributed by atoms with Crippen LogP contribution in [0.3, 0.4) is 0 Å². The number of carbonyl (C=O) groups is 2. The molecule has 0 aliphatic carbocycles. The van der Waals surface area contributed by atoms with Gasteiger partial charge in [-0.1, -0.05) is 0 Å². The third-order valence-electron chi connectivity index (χ3n) is 4.20. The summed E-state index contributed by atoms with van der Waals surface area (Å²) in [6, 6.07) is 10.3. The average molecular weight is 382 g/mol. The van der Waals surface area contributed by atoms with Crippen LogP contribution in [0.15, 0.2) is 30.3 Å². The van der Waals surface area contributed by atoms with E-state index >= 15 is 0 Å². The molecule has 0 unspecified atom stereocenters. The van der Waals surface area contributed by atoms with Gasteiger partial charge in [-0.05, 0) is 0 Å². The number of methoxy groups -OCH3 is 1. The van der Waals surface area contributed by atoms with Crippen molar-refractivity contribution in [3.63, 3.8) is 0 Å². The second kappa shape index (κ2) is 7.50. The van der Waals surface area contributed by atoms with E-state index in [1.165, 1.54) is 11.6 Å². The Morgan fingerprint density at radius 2 is 1.96 bits per heavy atom. The van der Waals surface area contributed by atoms with Crippen LogP contribution in [0.5, 0.6) is 0 Å². The van der Waals surface area contributed by atoms with E-state index in [-0.39, 0.29) is 32.3 Å². The Bertz CT molecular complexity index is 553. The number of amides is 1. The summed E-state index contributed by atoms with van der Waals surface area (Å²) in [7, 11) is 1.37. The molecular weight excluding hydrogens is 357 g/mol. The molecule has 0 aromatic heterocycles. The molecule has 1 heterocycles. The average Bonchev–Trinajstić information content (AvgIpc) is 2.52. The summed E-state index contributed by atoms with van der Waals surface area (Å²) in [4.78, 5) is 26.9. The fourth-order valence-electron chi connectivity index (χ4n) is 2.93. The van der Waals surface area contributed by atoms with Crippen molar-refractivity contribution in [3.05, 3.63) is 30.3 Å². The summed E-state index contributed by atoms with van der Waals surface area (Å²) in [5.41, 5.74) is -0.265. The van der Waals surface area contributed by atoms with Crippen LogP contribution in [0.25, 0.3) is 0 Å². The SMILES string of the molecule is COC(=O)[C@@H]1C(=O)N(C(C)(C)C)CC[C@H]1C[Se]c1ccccc1. The van der Waals surface area contributed by atoms with Crippen molar-refractivity contribution in [3.8, 4) is 0 Å². The molecule has 0 radical (unpaired) electrons. The first-order valence-electron chi connectivity index (χ1n) is 7.91. The number of hydrogen-bond acceptors (Lipinski definition) is 3. The molecule has 2 atom stereocenters. The predicted molar refractivity (Wildman–Crippen MR) is 91.7 cm³/mol. The second-order valence-electron chi connectivity index (χ2n) is 6.83. The summed E-state index contributed by atoms with van der Waals surface area (Å²) >= 11 is 0.266. The van der Waals surface area contributed by atoms with Gasteiger partial charge in [0.05, 0.1) is 0 Å². The first-order valence-corrected chi connectivity index (χ1v) is 9.98. The van der Waals surface area contributed by atoms with Gasteiger partial charge in [0.1, 0.15) is 0 Å². The van der Waals surface area contributed by atoms with Crippen LogP contribution in [0.1, 0.15) is 27.2 Å². The molecule has 1 aromatic carbocycles. The Hall–Kier alpha value is -1.32. The van der Waals surface area contributed by atoms with Gasteiger partial charge >= 0.3 is 144 Å². The third kappa shape index (κ3) is 4.36. The van der Waals surface area contributed by atoms with E-state index < -0.39 is 11.9 Å². The number of ether oxygens (including phenoxy) is 1. The van der Waals surface area contributed by atoms with E-state index in [1.807, 2.05) is 43.9 Å². The Kier molecular flexibility index (Phi) is 5.88. The summed E-state index contributed by atoms with van der Waals surface area (Å²) in [6.07, 6.45) is 0.858. The molecule has 126 valence electrons. The minimum absolute atomic E-state index is 0.0776. The van der Waals surface area contributed by atoms with Crippen molar-refractivity contribution in [2.24, 2.45) is 11.8 Å². The fourth-order valence-corrected chi connectivity index (χ4v) is 5.27. The van der Waals surface area contributed by atoms with Crippen LogP contribution in [0.4, 0.5) is 0 Å². The summed E-state index contributed by atoms with van der Waals surface area (Å²) in [5, 5.41) is 0.889. The normalized spacial score (nSPS) is 22.1. The van der Waals surface area contributed by atoms with Gasteiger partial charge in [-0.25, -0.2) is 0 Å². The standard InChI is InChI=1S/C18H25NO3Se/c1-18(2,3)19-11-10-13(15(16(19)20)17(21)22-4)12-23-14-8-6-5-7-9-14/h5-9,13,15H,10-12H2,1-4H3/t13-,15-/m0/s1. The molecule has 1 aromatic rings. The Morgan fingerprint density at radius 1 is 1.30 bits per heavy atom.